The number of halogens is 1. The van der Waals surface area contributed by atoms with Crippen LogP contribution in [0.4, 0.5) is 0 Å². The molecule has 5 nitrogen and oxygen atoms in total. The molecule has 0 aliphatic rings. The Morgan fingerprint density at radius 2 is 1.94 bits per heavy atom. The van der Waals surface area contributed by atoms with Gasteiger partial charge in [0.05, 0.1) is 20.3 Å². The molecule has 0 radical (unpaired) electrons. The van der Waals surface area contributed by atoms with Gasteiger partial charge in [-0.15, -0.1) is 12.4 Å². The number of carbonyl (C=O) groups is 1. The molecule has 0 heterocycles. The summed E-state index contributed by atoms with van der Waals surface area (Å²) in [5.41, 5.74) is 6.37. The number of carbonyl (C=O) groups excluding carboxylic acids is 1. The normalized spacial score (nSPS) is 11.1. The summed E-state index contributed by atoms with van der Waals surface area (Å²) in [5, 5.41) is 2.73. The van der Waals surface area contributed by atoms with Crippen molar-refractivity contribution in [2.75, 3.05) is 14.2 Å². The van der Waals surface area contributed by atoms with Crippen molar-refractivity contribution in [3.05, 3.63) is 23.8 Å². The van der Waals surface area contributed by atoms with Crippen molar-refractivity contribution in [2.45, 2.75) is 19.5 Å². The molecule has 1 rings (SSSR count). The molecule has 102 valence electrons. The molecule has 3 N–H and O–H groups in total. The lowest BCUT2D eigenvalue weighted by atomic mass is 10.2. The highest BCUT2D eigenvalue weighted by Gasteiger charge is 2.08. The van der Waals surface area contributed by atoms with E-state index in [4.69, 9.17) is 15.2 Å². The fourth-order valence-electron chi connectivity index (χ4n) is 1.34. The number of hydrogen-bond donors (Lipinski definition) is 2. The lowest BCUT2D eigenvalue weighted by Gasteiger charge is -2.11. The lowest BCUT2D eigenvalue weighted by molar-refractivity contribution is -0.122. The van der Waals surface area contributed by atoms with E-state index in [0.717, 1.165) is 5.56 Å². The molecule has 0 spiro atoms. The fourth-order valence-corrected chi connectivity index (χ4v) is 1.34. The van der Waals surface area contributed by atoms with E-state index >= 15 is 0 Å². The monoisotopic (exact) mass is 274 g/mol. The fraction of sp³-hybridized carbons (Fsp3) is 0.417. The largest absolute Gasteiger partial charge is 0.493 e. The van der Waals surface area contributed by atoms with E-state index in [0.29, 0.717) is 18.0 Å². The van der Waals surface area contributed by atoms with Gasteiger partial charge in [0.15, 0.2) is 11.5 Å². The molecule has 1 aromatic rings. The van der Waals surface area contributed by atoms with Crippen LogP contribution in [0.15, 0.2) is 18.2 Å². The molecular formula is C12H19ClN2O3. The van der Waals surface area contributed by atoms with E-state index in [2.05, 4.69) is 5.32 Å². The van der Waals surface area contributed by atoms with Gasteiger partial charge in [-0.2, -0.15) is 0 Å². The zero-order valence-corrected chi connectivity index (χ0v) is 11.5. The highest BCUT2D eigenvalue weighted by Crippen LogP contribution is 2.27. The Hall–Kier alpha value is -1.46. The second kappa shape index (κ2) is 7.79. The third-order valence-corrected chi connectivity index (χ3v) is 2.33. The van der Waals surface area contributed by atoms with Crippen LogP contribution in [-0.4, -0.2) is 26.2 Å². The second-order valence-corrected chi connectivity index (χ2v) is 3.70. The zero-order valence-electron chi connectivity index (χ0n) is 10.7. The highest BCUT2D eigenvalue weighted by molar-refractivity contribution is 5.85. The number of hydrogen-bond acceptors (Lipinski definition) is 4. The summed E-state index contributed by atoms with van der Waals surface area (Å²) >= 11 is 0. The predicted octanol–water partition coefficient (Wildman–Crippen LogP) is 1.09. The minimum Gasteiger partial charge on any atom is -0.493 e. The van der Waals surface area contributed by atoms with E-state index in [1.807, 2.05) is 12.1 Å². The summed E-state index contributed by atoms with van der Waals surface area (Å²) in [6.45, 7) is 2.06. The molecule has 1 unspecified atom stereocenters. The summed E-state index contributed by atoms with van der Waals surface area (Å²) in [6, 6.07) is 4.98. The molecule has 1 aromatic carbocycles. The first-order valence-corrected chi connectivity index (χ1v) is 5.32. The molecule has 18 heavy (non-hydrogen) atoms. The number of benzene rings is 1. The third kappa shape index (κ3) is 4.43. The molecule has 1 amide bonds. The number of methoxy groups -OCH3 is 2. The van der Waals surface area contributed by atoms with Crippen molar-refractivity contribution >= 4 is 18.3 Å². The molecular weight excluding hydrogens is 256 g/mol. The van der Waals surface area contributed by atoms with E-state index in [-0.39, 0.29) is 18.3 Å². The van der Waals surface area contributed by atoms with Gasteiger partial charge in [0, 0.05) is 6.54 Å². The van der Waals surface area contributed by atoms with Crippen LogP contribution in [0.1, 0.15) is 12.5 Å². The molecule has 0 aliphatic heterocycles. The van der Waals surface area contributed by atoms with Crippen LogP contribution in [0, 0.1) is 0 Å². The molecule has 0 fully saturated rings. The van der Waals surface area contributed by atoms with Crippen molar-refractivity contribution in [3.8, 4) is 11.5 Å². The van der Waals surface area contributed by atoms with Gasteiger partial charge < -0.3 is 20.5 Å². The van der Waals surface area contributed by atoms with Gasteiger partial charge in [0.2, 0.25) is 5.91 Å². The van der Waals surface area contributed by atoms with Crippen molar-refractivity contribution in [2.24, 2.45) is 5.73 Å². The Balaban J connectivity index is 0.00000289. The van der Waals surface area contributed by atoms with E-state index in [1.54, 1.807) is 27.2 Å². The van der Waals surface area contributed by atoms with Gasteiger partial charge in [0.25, 0.3) is 0 Å². The Morgan fingerprint density at radius 1 is 1.33 bits per heavy atom. The van der Waals surface area contributed by atoms with Gasteiger partial charge in [-0.1, -0.05) is 6.07 Å². The van der Waals surface area contributed by atoms with Gasteiger partial charge in [0.1, 0.15) is 0 Å². The zero-order chi connectivity index (χ0) is 12.8. The Bertz CT molecular complexity index is 397. The molecule has 6 heteroatoms. The maximum Gasteiger partial charge on any atom is 0.236 e. The third-order valence-electron chi connectivity index (χ3n) is 2.33. The van der Waals surface area contributed by atoms with E-state index in [9.17, 15) is 4.79 Å². The van der Waals surface area contributed by atoms with Crippen molar-refractivity contribution in [1.29, 1.82) is 0 Å². The van der Waals surface area contributed by atoms with Crippen LogP contribution >= 0.6 is 12.4 Å². The van der Waals surface area contributed by atoms with Crippen LogP contribution < -0.4 is 20.5 Å². The summed E-state index contributed by atoms with van der Waals surface area (Å²) in [7, 11) is 3.15. The number of ether oxygens (including phenoxy) is 2. The summed E-state index contributed by atoms with van der Waals surface area (Å²) in [5.74, 6) is 1.12. The molecule has 0 aromatic heterocycles. The van der Waals surface area contributed by atoms with Gasteiger partial charge in [-0.05, 0) is 24.6 Å². The van der Waals surface area contributed by atoms with Crippen LogP contribution in [0.3, 0.4) is 0 Å². The Labute approximate surface area is 113 Å². The van der Waals surface area contributed by atoms with Crippen LogP contribution in [0.2, 0.25) is 0 Å². The predicted molar refractivity (Wildman–Crippen MR) is 72.3 cm³/mol. The van der Waals surface area contributed by atoms with E-state index < -0.39 is 6.04 Å². The number of amides is 1. The first kappa shape index (κ1) is 16.5. The number of rotatable bonds is 5. The maximum absolute atomic E-state index is 11.3. The topological polar surface area (TPSA) is 73.6 Å². The van der Waals surface area contributed by atoms with Gasteiger partial charge >= 0.3 is 0 Å². The first-order chi connectivity index (χ1) is 8.08. The number of nitrogens with one attached hydrogen (secondary N) is 1. The van der Waals surface area contributed by atoms with Crippen LogP contribution in [0.25, 0.3) is 0 Å². The summed E-state index contributed by atoms with van der Waals surface area (Å²) in [6.07, 6.45) is 0. The van der Waals surface area contributed by atoms with Crippen LogP contribution in [-0.2, 0) is 11.3 Å². The van der Waals surface area contributed by atoms with Crippen molar-refractivity contribution < 1.29 is 14.3 Å². The maximum atomic E-state index is 11.3. The van der Waals surface area contributed by atoms with Crippen LogP contribution in [0.5, 0.6) is 11.5 Å². The second-order valence-electron chi connectivity index (χ2n) is 3.70. The molecule has 0 saturated carbocycles. The smallest absolute Gasteiger partial charge is 0.236 e. The lowest BCUT2D eigenvalue weighted by Crippen LogP contribution is -2.37. The summed E-state index contributed by atoms with van der Waals surface area (Å²) < 4.78 is 10.3. The highest BCUT2D eigenvalue weighted by atomic mass is 35.5. The van der Waals surface area contributed by atoms with Crippen molar-refractivity contribution in [3.63, 3.8) is 0 Å². The quantitative estimate of drug-likeness (QED) is 0.843. The number of nitrogens with two attached hydrogens (primary N) is 1. The first-order valence-electron chi connectivity index (χ1n) is 5.32. The average Bonchev–Trinajstić information content (AvgIpc) is 2.35. The SMILES string of the molecule is COc1ccc(CNC(=O)C(C)N)cc1OC.Cl. The van der Waals surface area contributed by atoms with E-state index in [1.165, 1.54) is 0 Å². The molecule has 0 saturated heterocycles. The minimum atomic E-state index is -0.504. The Kier molecular flexibility index (Phi) is 7.16. The molecule has 0 aliphatic carbocycles. The molecule has 1 atom stereocenters. The summed E-state index contributed by atoms with van der Waals surface area (Å²) in [4.78, 5) is 11.3. The Morgan fingerprint density at radius 3 is 2.44 bits per heavy atom. The minimum absolute atomic E-state index is 0. The van der Waals surface area contributed by atoms with Crippen molar-refractivity contribution in [1.82, 2.24) is 5.32 Å². The average molecular weight is 275 g/mol. The van der Waals surface area contributed by atoms with Gasteiger partial charge in [-0.3, -0.25) is 4.79 Å². The molecule has 0 bridgehead atoms. The van der Waals surface area contributed by atoms with Gasteiger partial charge in [-0.25, -0.2) is 0 Å². The standard InChI is InChI=1S/C12H18N2O3.ClH/c1-8(13)12(15)14-7-9-4-5-10(16-2)11(6-9)17-3;/h4-6,8H,7,13H2,1-3H3,(H,14,15);1H.